The monoisotopic (exact) mass is 225 g/mol. The van der Waals surface area contributed by atoms with E-state index in [4.69, 9.17) is 11.6 Å². The van der Waals surface area contributed by atoms with Gasteiger partial charge in [0, 0.05) is 5.02 Å². The Morgan fingerprint density at radius 2 is 1.93 bits per heavy atom. The molecule has 1 aromatic carbocycles. The minimum absolute atomic E-state index is 0.902. The highest BCUT2D eigenvalue weighted by molar-refractivity contribution is 6.31. The summed E-state index contributed by atoms with van der Waals surface area (Å²) in [5.74, 6) is 0. The van der Waals surface area contributed by atoms with Crippen LogP contribution >= 0.6 is 11.6 Å². The number of benzene rings is 1. The second kappa shape index (κ2) is 7.72. The molecule has 1 aromatic rings. The van der Waals surface area contributed by atoms with Crippen LogP contribution in [0.2, 0.25) is 5.02 Å². The van der Waals surface area contributed by atoms with Crippen LogP contribution in [0, 0.1) is 0 Å². The Kier molecular flexibility index (Phi) is 6.45. The first-order valence-electron chi connectivity index (χ1n) is 5.78. The van der Waals surface area contributed by atoms with E-state index in [1.807, 2.05) is 12.1 Å². The summed E-state index contributed by atoms with van der Waals surface area (Å²) in [6.07, 6.45) is 4.74. The van der Waals surface area contributed by atoms with Crippen molar-refractivity contribution in [2.45, 2.75) is 32.6 Å². The maximum Gasteiger partial charge on any atom is 0.0437 e. The summed E-state index contributed by atoms with van der Waals surface area (Å²) in [7, 11) is 0. The van der Waals surface area contributed by atoms with Gasteiger partial charge in [-0.2, -0.15) is 0 Å². The Bertz CT molecular complexity index is 273. The molecule has 2 heteroatoms. The summed E-state index contributed by atoms with van der Waals surface area (Å²) in [5, 5.41) is 4.30. The third-order valence-corrected chi connectivity index (χ3v) is 2.80. The molecule has 0 saturated carbocycles. The molecule has 0 aromatic heterocycles. The van der Waals surface area contributed by atoms with Gasteiger partial charge in [-0.25, -0.2) is 0 Å². The number of aryl methyl sites for hydroxylation is 1. The molecule has 0 aliphatic carbocycles. The smallest absolute Gasteiger partial charge is 0.0437 e. The van der Waals surface area contributed by atoms with Gasteiger partial charge < -0.3 is 5.32 Å². The summed E-state index contributed by atoms with van der Waals surface area (Å²) in [4.78, 5) is 0. The predicted octanol–water partition coefficient (Wildman–Crippen LogP) is 3.66. The zero-order valence-electron chi connectivity index (χ0n) is 9.43. The Balaban J connectivity index is 2.12. The molecule has 0 aliphatic heterocycles. The molecule has 0 spiro atoms. The van der Waals surface area contributed by atoms with Crippen molar-refractivity contribution >= 4 is 11.6 Å². The molecule has 0 radical (unpaired) electrons. The molecule has 1 rings (SSSR count). The minimum atomic E-state index is 0.902. The average molecular weight is 226 g/mol. The number of hydrogen-bond acceptors (Lipinski definition) is 1. The van der Waals surface area contributed by atoms with E-state index < -0.39 is 0 Å². The third kappa shape index (κ3) is 5.19. The van der Waals surface area contributed by atoms with Crippen LogP contribution in [0.15, 0.2) is 24.3 Å². The van der Waals surface area contributed by atoms with Crippen molar-refractivity contribution < 1.29 is 0 Å². The van der Waals surface area contributed by atoms with Gasteiger partial charge in [0.1, 0.15) is 0 Å². The van der Waals surface area contributed by atoms with Crippen LogP contribution in [0.25, 0.3) is 0 Å². The summed E-state index contributed by atoms with van der Waals surface area (Å²) >= 11 is 6.07. The Labute approximate surface area is 97.8 Å². The van der Waals surface area contributed by atoms with E-state index in [0.717, 1.165) is 24.5 Å². The van der Waals surface area contributed by atoms with Crippen molar-refractivity contribution in [2.24, 2.45) is 0 Å². The maximum atomic E-state index is 6.07. The van der Waals surface area contributed by atoms with E-state index >= 15 is 0 Å². The first kappa shape index (κ1) is 12.5. The molecular weight excluding hydrogens is 206 g/mol. The van der Waals surface area contributed by atoms with Crippen LogP contribution < -0.4 is 5.32 Å². The highest BCUT2D eigenvalue weighted by Crippen LogP contribution is 2.16. The first-order chi connectivity index (χ1) is 7.34. The lowest BCUT2D eigenvalue weighted by molar-refractivity contribution is 0.617. The fourth-order valence-electron chi connectivity index (χ4n) is 1.57. The largest absolute Gasteiger partial charge is 0.317 e. The van der Waals surface area contributed by atoms with Crippen LogP contribution in [0.5, 0.6) is 0 Å². The van der Waals surface area contributed by atoms with Gasteiger partial charge in [-0.15, -0.1) is 0 Å². The number of nitrogens with one attached hydrogen (secondary N) is 1. The van der Waals surface area contributed by atoms with E-state index in [-0.39, 0.29) is 0 Å². The highest BCUT2D eigenvalue weighted by atomic mass is 35.5. The Morgan fingerprint density at radius 1 is 1.13 bits per heavy atom. The van der Waals surface area contributed by atoms with Gasteiger partial charge in [0.2, 0.25) is 0 Å². The summed E-state index contributed by atoms with van der Waals surface area (Å²) in [6.45, 7) is 4.45. The van der Waals surface area contributed by atoms with E-state index in [0.29, 0.717) is 0 Å². The molecule has 0 unspecified atom stereocenters. The lowest BCUT2D eigenvalue weighted by Gasteiger charge is -2.04. The molecule has 1 nitrogen and oxygen atoms in total. The second-order valence-corrected chi connectivity index (χ2v) is 4.21. The topological polar surface area (TPSA) is 12.0 Å². The fourth-order valence-corrected chi connectivity index (χ4v) is 1.80. The molecule has 0 atom stereocenters. The second-order valence-electron chi connectivity index (χ2n) is 3.80. The van der Waals surface area contributed by atoms with Crippen LogP contribution in [0.4, 0.5) is 0 Å². The lowest BCUT2D eigenvalue weighted by atomic mass is 10.1. The van der Waals surface area contributed by atoms with Gasteiger partial charge in [0.05, 0.1) is 0 Å². The van der Waals surface area contributed by atoms with E-state index in [9.17, 15) is 0 Å². The van der Waals surface area contributed by atoms with Gasteiger partial charge >= 0.3 is 0 Å². The highest BCUT2D eigenvalue weighted by Gasteiger charge is 1.97. The molecule has 0 aliphatic rings. The molecule has 0 fully saturated rings. The molecule has 15 heavy (non-hydrogen) atoms. The van der Waals surface area contributed by atoms with Crippen molar-refractivity contribution in [1.29, 1.82) is 0 Å². The fraction of sp³-hybridized carbons (Fsp3) is 0.538. The zero-order chi connectivity index (χ0) is 10.9. The van der Waals surface area contributed by atoms with Crippen LogP contribution in [0.1, 0.15) is 31.7 Å². The maximum absolute atomic E-state index is 6.07. The zero-order valence-corrected chi connectivity index (χ0v) is 10.2. The number of rotatable bonds is 7. The average Bonchev–Trinajstić information content (AvgIpc) is 2.25. The van der Waals surface area contributed by atoms with Crippen LogP contribution in [-0.2, 0) is 6.42 Å². The molecular formula is C13H20ClN. The number of hydrogen-bond donors (Lipinski definition) is 1. The Hall–Kier alpha value is -0.530. The summed E-state index contributed by atoms with van der Waals surface area (Å²) < 4.78 is 0. The van der Waals surface area contributed by atoms with E-state index in [1.54, 1.807) is 0 Å². The molecule has 1 N–H and O–H groups in total. The Morgan fingerprint density at radius 3 is 2.67 bits per heavy atom. The number of unbranched alkanes of at least 4 members (excludes halogenated alkanes) is 1. The van der Waals surface area contributed by atoms with Gasteiger partial charge in [0.15, 0.2) is 0 Å². The molecule has 0 amide bonds. The summed E-state index contributed by atoms with van der Waals surface area (Å²) in [6, 6.07) is 8.11. The SMILES string of the molecule is CCCNCCCCc1ccccc1Cl. The predicted molar refractivity (Wildman–Crippen MR) is 67.6 cm³/mol. The van der Waals surface area contributed by atoms with Crippen molar-refractivity contribution in [2.75, 3.05) is 13.1 Å². The van der Waals surface area contributed by atoms with Gasteiger partial charge in [-0.3, -0.25) is 0 Å². The van der Waals surface area contributed by atoms with Gasteiger partial charge in [0.25, 0.3) is 0 Å². The van der Waals surface area contributed by atoms with E-state index in [1.165, 1.54) is 24.8 Å². The molecule has 0 bridgehead atoms. The lowest BCUT2D eigenvalue weighted by Crippen LogP contribution is -2.15. The van der Waals surface area contributed by atoms with E-state index in [2.05, 4.69) is 24.4 Å². The first-order valence-corrected chi connectivity index (χ1v) is 6.16. The van der Waals surface area contributed by atoms with Gasteiger partial charge in [-0.05, 0) is 50.4 Å². The quantitative estimate of drug-likeness (QED) is 0.699. The third-order valence-electron chi connectivity index (χ3n) is 2.43. The van der Waals surface area contributed by atoms with Crippen molar-refractivity contribution in [1.82, 2.24) is 5.32 Å². The summed E-state index contributed by atoms with van der Waals surface area (Å²) in [5.41, 5.74) is 1.27. The standard InChI is InChI=1S/C13H20ClN/c1-2-10-15-11-6-5-8-12-7-3-4-9-13(12)14/h3-4,7,9,15H,2,5-6,8,10-11H2,1H3. The van der Waals surface area contributed by atoms with Crippen molar-refractivity contribution in [3.8, 4) is 0 Å². The van der Waals surface area contributed by atoms with Crippen LogP contribution in [-0.4, -0.2) is 13.1 Å². The van der Waals surface area contributed by atoms with Crippen LogP contribution in [0.3, 0.4) is 0 Å². The normalized spacial score (nSPS) is 10.5. The minimum Gasteiger partial charge on any atom is -0.317 e. The van der Waals surface area contributed by atoms with Crippen molar-refractivity contribution in [3.63, 3.8) is 0 Å². The van der Waals surface area contributed by atoms with Gasteiger partial charge in [-0.1, -0.05) is 36.7 Å². The number of halogens is 1. The van der Waals surface area contributed by atoms with Crippen molar-refractivity contribution in [3.05, 3.63) is 34.9 Å². The molecule has 0 saturated heterocycles. The molecule has 84 valence electrons. The molecule has 0 heterocycles.